The van der Waals surface area contributed by atoms with E-state index < -0.39 is 0 Å². The SMILES string of the molecule is Clc1ccc(OC2CC[N-]CC2)cc1.[K+]. The Labute approximate surface area is 138 Å². The number of rotatable bonds is 2. The molecule has 2 nitrogen and oxygen atoms in total. The molecule has 1 aliphatic heterocycles. The van der Waals surface area contributed by atoms with Gasteiger partial charge in [0.25, 0.3) is 0 Å². The molecular weight excluding hydrogens is 237 g/mol. The molecule has 0 saturated carbocycles. The number of ether oxygens (including phenoxy) is 1. The third-order valence-electron chi connectivity index (χ3n) is 2.33. The quantitative estimate of drug-likeness (QED) is 0.690. The van der Waals surface area contributed by atoms with E-state index in [4.69, 9.17) is 16.3 Å². The van der Waals surface area contributed by atoms with Crippen LogP contribution in [0.2, 0.25) is 5.02 Å². The maximum absolute atomic E-state index is 5.79. The third-order valence-corrected chi connectivity index (χ3v) is 2.59. The van der Waals surface area contributed by atoms with Crippen LogP contribution < -0.4 is 56.1 Å². The summed E-state index contributed by atoms with van der Waals surface area (Å²) in [5, 5.41) is 5.03. The molecule has 0 N–H and O–H groups in total. The predicted molar refractivity (Wildman–Crippen MR) is 58.2 cm³/mol. The fraction of sp³-hybridized carbons (Fsp3) is 0.455. The Kier molecular flexibility index (Phi) is 6.77. The average molecular weight is 250 g/mol. The van der Waals surface area contributed by atoms with Gasteiger partial charge in [0.15, 0.2) is 0 Å². The molecule has 4 heteroatoms. The summed E-state index contributed by atoms with van der Waals surface area (Å²) in [6, 6.07) is 7.52. The first-order valence-corrected chi connectivity index (χ1v) is 5.28. The molecule has 1 saturated heterocycles. The van der Waals surface area contributed by atoms with Crippen LogP contribution in [0.25, 0.3) is 5.32 Å². The Hall–Kier alpha value is 0.906. The van der Waals surface area contributed by atoms with Crippen LogP contribution in [0.3, 0.4) is 0 Å². The van der Waals surface area contributed by atoms with Crippen molar-refractivity contribution >= 4 is 11.6 Å². The number of hydrogen-bond donors (Lipinski definition) is 0. The van der Waals surface area contributed by atoms with Crippen LogP contribution in [-0.2, 0) is 0 Å². The summed E-state index contributed by atoms with van der Waals surface area (Å²) >= 11 is 5.78. The number of piperidine rings is 1. The van der Waals surface area contributed by atoms with Crippen molar-refractivity contribution in [3.8, 4) is 5.75 Å². The van der Waals surface area contributed by atoms with Crippen LogP contribution in [0, 0.1) is 0 Å². The molecule has 1 heterocycles. The van der Waals surface area contributed by atoms with E-state index in [1.807, 2.05) is 24.3 Å². The standard InChI is InChI=1S/C11H13ClNO.K/c12-9-1-3-10(4-2-9)14-11-5-7-13-8-6-11;/h1-4,11H,5-8H2;/q-1;+1. The predicted octanol–water partition coefficient (Wildman–Crippen LogP) is 0.259. The van der Waals surface area contributed by atoms with Crippen LogP contribution in [0.1, 0.15) is 12.8 Å². The smallest absolute Gasteiger partial charge is 0.662 e. The van der Waals surface area contributed by atoms with Crippen molar-refractivity contribution in [1.29, 1.82) is 0 Å². The zero-order valence-electron chi connectivity index (χ0n) is 8.95. The van der Waals surface area contributed by atoms with E-state index in [9.17, 15) is 0 Å². The third kappa shape index (κ3) is 4.73. The normalized spacial score (nSPS) is 16.9. The Morgan fingerprint density at radius 2 is 1.73 bits per heavy atom. The summed E-state index contributed by atoms with van der Waals surface area (Å²) in [7, 11) is 0. The number of nitrogens with zero attached hydrogens (tertiary/aromatic N) is 1. The second-order valence-electron chi connectivity index (χ2n) is 3.44. The average Bonchev–Trinajstić information content (AvgIpc) is 2.23. The Bertz CT molecular complexity index is 285. The largest absolute Gasteiger partial charge is 1.00 e. The van der Waals surface area contributed by atoms with Gasteiger partial charge in [0, 0.05) is 5.02 Å². The van der Waals surface area contributed by atoms with Crippen molar-refractivity contribution < 1.29 is 56.1 Å². The molecule has 0 radical (unpaired) electrons. The van der Waals surface area contributed by atoms with E-state index in [1.54, 1.807) is 0 Å². The van der Waals surface area contributed by atoms with E-state index >= 15 is 0 Å². The fourth-order valence-corrected chi connectivity index (χ4v) is 1.68. The minimum Gasteiger partial charge on any atom is -0.662 e. The molecule has 0 amide bonds. The topological polar surface area (TPSA) is 23.3 Å². The van der Waals surface area contributed by atoms with Crippen molar-refractivity contribution in [3.63, 3.8) is 0 Å². The Morgan fingerprint density at radius 3 is 2.33 bits per heavy atom. The van der Waals surface area contributed by atoms with Crippen molar-refractivity contribution in [2.45, 2.75) is 18.9 Å². The van der Waals surface area contributed by atoms with Crippen molar-refractivity contribution in [1.82, 2.24) is 0 Å². The molecule has 0 atom stereocenters. The second-order valence-corrected chi connectivity index (χ2v) is 3.88. The summed E-state index contributed by atoms with van der Waals surface area (Å²) in [6.45, 7) is 1.86. The molecule has 0 bridgehead atoms. The van der Waals surface area contributed by atoms with Crippen molar-refractivity contribution in [3.05, 3.63) is 34.6 Å². The number of hydrogen-bond acceptors (Lipinski definition) is 1. The molecule has 1 fully saturated rings. The van der Waals surface area contributed by atoms with Crippen LogP contribution in [0.4, 0.5) is 0 Å². The minimum absolute atomic E-state index is 0. The molecule has 2 rings (SSSR count). The molecule has 1 aromatic carbocycles. The van der Waals surface area contributed by atoms with Gasteiger partial charge < -0.3 is 10.1 Å². The molecule has 76 valence electrons. The first-order valence-electron chi connectivity index (χ1n) is 4.90. The Morgan fingerprint density at radius 1 is 1.13 bits per heavy atom. The first-order chi connectivity index (χ1) is 6.84. The Balaban J connectivity index is 0.00000112. The molecule has 0 aliphatic carbocycles. The first kappa shape index (κ1) is 14.0. The molecule has 1 aliphatic rings. The molecular formula is C11H13ClKNO. The zero-order valence-corrected chi connectivity index (χ0v) is 12.8. The molecule has 0 unspecified atom stereocenters. The van der Waals surface area contributed by atoms with E-state index in [0.29, 0.717) is 6.10 Å². The van der Waals surface area contributed by atoms with Gasteiger partial charge in [-0.2, -0.15) is 0 Å². The minimum atomic E-state index is 0. The van der Waals surface area contributed by atoms with Gasteiger partial charge in [-0.05, 0) is 37.1 Å². The van der Waals surface area contributed by atoms with Crippen molar-refractivity contribution in [2.24, 2.45) is 0 Å². The monoisotopic (exact) mass is 249 g/mol. The van der Waals surface area contributed by atoms with Gasteiger partial charge >= 0.3 is 51.4 Å². The molecule has 1 aromatic rings. The van der Waals surface area contributed by atoms with Gasteiger partial charge in [0.1, 0.15) is 5.75 Å². The summed E-state index contributed by atoms with van der Waals surface area (Å²) in [6.07, 6.45) is 2.39. The summed E-state index contributed by atoms with van der Waals surface area (Å²) in [5.41, 5.74) is 0. The van der Waals surface area contributed by atoms with E-state index in [2.05, 4.69) is 5.32 Å². The maximum atomic E-state index is 5.79. The summed E-state index contributed by atoms with van der Waals surface area (Å²) in [4.78, 5) is 0. The number of halogens is 1. The van der Waals surface area contributed by atoms with Gasteiger partial charge in [-0.3, -0.25) is 0 Å². The van der Waals surface area contributed by atoms with Gasteiger partial charge in [-0.25, -0.2) is 0 Å². The summed E-state index contributed by atoms with van der Waals surface area (Å²) in [5.74, 6) is 0.904. The van der Waals surface area contributed by atoms with Crippen LogP contribution in [-0.4, -0.2) is 19.2 Å². The van der Waals surface area contributed by atoms with Gasteiger partial charge in [-0.15, -0.1) is 13.1 Å². The zero-order chi connectivity index (χ0) is 9.80. The number of benzene rings is 1. The second kappa shape index (κ2) is 7.27. The molecule has 0 spiro atoms. The van der Waals surface area contributed by atoms with Crippen LogP contribution in [0.15, 0.2) is 24.3 Å². The molecule has 15 heavy (non-hydrogen) atoms. The van der Waals surface area contributed by atoms with E-state index in [1.165, 1.54) is 0 Å². The molecule has 0 aromatic heterocycles. The fourth-order valence-electron chi connectivity index (χ4n) is 1.55. The van der Waals surface area contributed by atoms with Gasteiger partial charge in [-0.1, -0.05) is 11.6 Å². The van der Waals surface area contributed by atoms with Crippen LogP contribution >= 0.6 is 11.6 Å². The van der Waals surface area contributed by atoms with Crippen LogP contribution in [0.5, 0.6) is 5.75 Å². The van der Waals surface area contributed by atoms with Gasteiger partial charge in [0.05, 0.1) is 6.10 Å². The van der Waals surface area contributed by atoms with E-state index in [-0.39, 0.29) is 51.4 Å². The summed E-state index contributed by atoms with van der Waals surface area (Å²) < 4.78 is 5.79. The van der Waals surface area contributed by atoms with E-state index in [0.717, 1.165) is 36.7 Å². The maximum Gasteiger partial charge on any atom is 1.00 e. The van der Waals surface area contributed by atoms with Crippen molar-refractivity contribution in [2.75, 3.05) is 13.1 Å². The van der Waals surface area contributed by atoms with Gasteiger partial charge in [0.2, 0.25) is 0 Å².